The molecule has 0 saturated heterocycles. The average Bonchev–Trinajstić information content (AvgIpc) is 3.27. The first-order chi connectivity index (χ1) is 15.5. The summed E-state index contributed by atoms with van der Waals surface area (Å²) in [6.07, 6.45) is 0. The van der Waals surface area contributed by atoms with Crippen molar-refractivity contribution >= 4 is 39.1 Å². The molecule has 2 aromatic rings. The van der Waals surface area contributed by atoms with Crippen LogP contribution < -0.4 is 10.0 Å². The number of carbonyl (C=O) groups is 3. The van der Waals surface area contributed by atoms with Crippen LogP contribution in [0.2, 0.25) is 0 Å². The summed E-state index contributed by atoms with van der Waals surface area (Å²) in [6.45, 7) is 6.64. The van der Waals surface area contributed by atoms with Crippen molar-refractivity contribution in [3.63, 3.8) is 0 Å². The predicted octanol–water partition coefficient (Wildman–Crippen LogP) is 2.06. The van der Waals surface area contributed by atoms with E-state index in [-0.39, 0.29) is 35.5 Å². The molecule has 0 atom stereocenters. The first-order valence-electron chi connectivity index (χ1n) is 10.4. The Balaban J connectivity index is 1.97. The molecule has 1 aromatic heterocycles. The van der Waals surface area contributed by atoms with Crippen molar-refractivity contribution in [1.29, 1.82) is 0 Å². The quantitative estimate of drug-likeness (QED) is 0.460. The minimum atomic E-state index is -3.79. The highest BCUT2D eigenvalue weighted by Crippen LogP contribution is 2.17. The largest absolute Gasteiger partial charge is 0.452 e. The zero-order valence-corrected chi connectivity index (χ0v) is 20.7. The molecular formula is C22H29N3O6S2. The van der Waals surface area contributed by atoms with Gasteiger partial charge in [0.1, 0.15) is 0 Å². The molecule has 180 valence electrons. The number of rotatable bonds is 11. The molecule has 1 heterocycles. The third kappa shape index (κ3) is 7.95. The van der Waals surface area contributed by atoms with Crippen LogP contribution in [0.3, 0.4) is 0 Å². The fourth-order valence-corrected chi connectivity index (χ4v) is 4.79. The third-order valence-corrected chi connectivity index (χ3v) is 7.10. The van der Waals surface area contributed by atoms with E-state index < -0.39 is 28.5 Å². The summed E-state index contributed by atoms with van der Waals surface area (Å²) in [6, 6.07) is 7.60. The molecule has 0 unspecified atom stereocenters. The molecule has 0 spiro atoms. The number of likely N-dealkylation sites (N-methyl/N-ethyl adjacent to an activating group) is 1. The number of ether oxygens (including phenoxy) is 1. The molecule has 2 amide bonds. The number of benzene rings is 1. The van der Waals surface area contributed by atoms with E-state index in [9.17, 15) is 22.8 Å². The standard InChI is InChI=1S/C22H29N3O6S2/c1-5-25(13-20(26)23-12-17-7-6-10-32-17)21(27)14-31-22(28)19-11-18(9-8-16(19)4)33(29,30)24-15(2)3/h6-11,15,24H,5,12-14H2,1-4H3,(H,23,26). The van der Waals surface area contributed by atoms with Gasteiger partial charge >= 0.3 is 5.97 Å². The van der Waals surface area contributed by atoms with Gasteiger partial charge in [-0.3, -0.25) is 9.59 Å². The third-order valence-electron chi connectivity index (χ3n) is 4.57. The first kappa shape index (κ1) is 26.5. The lowest BCUT2D eigenvalue weighted by molar-refractivity contribution is -0.138. The molecule has 0 aliphatic carbocycles. The summed E-state index contributed by atoms with van der Waals surface area (Å²) in [5.41, 5.74) is 0.558. The zero-order chi connectivity index (χ0) is 24.6. The first-order valence-corrected chi connectivity index (χ1v) is 12.8. The number of esters is 1. The number of nitrogens with one attached hydrogen (secondary N) is 2. The Morgan fingerprint density at radius 3 is 2.52 bits per heavy atom. The highest BCUT2D eigenvalue weighted by molar-refractivity contribution is 7.89. The highest BCUT2D eigenvalue weighted by atomic mass is 32.2. The van der Waals surface area contributed by atoms with Crippen LogP contribution in [0.25, 0.3) is 0 Å². The highest BCUT2D eigenvalue weighted by Gasteiger charge is 2.22. The second-order valence-corrected chi connectivity index (χ2v) is 10.3. The van der Waals surface area contributed by atoms with Crippen molar-refractivity contribution in [3.8, 4) is 0 Å². The van der Waals surface area contributed by atoms with Crippen LogP contribution in [0.1, 0.15) is 41.6 Å². The number of aryl methyl sites for hydroxylation is 1. The lowest BCUT2D eigenvalue weighted by Gasteiger charge is -2.20. The number of nitrogens with zero attached hydrogens (tertiary/aromatic N) is 1. The molecular weight excluding hydrogens is 466 g/mol. The van der Waals surface area contributed by atoms with Crippen molar-refractivity contribution < 1.29 is 27.5 Å². The van der Waals surface area contributed by atoms with Gasteiger partial charge in [0.25, 0.3) is 5.91 Å². The summed E-state index contributed by atoms with van der Waals surface area (Å²) in [4.78, 5) is 39.4. The summed E-state index contributed by atoms with van der Waals surface area (Å²) >= 11 is 1.52. The van der Waals surface area contributed by atoms with Crippen molar-refractivity contribution in [2.45, 2.75) is 45.2 Å². The number of thiophene rings is 1. The van der Waals surface area contributed by atoms with E-state index in [1.807, 2.05) is 17.5 Å². The van der Waals surface area contributed by atoms with Crippen molar-refractivity contribution in [2.24, 2.45) is 0 Å². The van der Waals surface area contributed by atoms with Crippen LogP contribution in [-0.2, 0) is 30.9 Å². The molecule has 2 N–H and O–H groups in total. The van der Waals surface area contributed by atoms with Gasteiger partial charge in [0.05, 0.1) is 23.5 Å². The van der Waals surface area contributed by atoms with Crippen LogP contribution in [0, 0.1) is 6.92 Å². The fourth-order valence-electron chi connectivity index (χ4n) is 2.87. The smallest absolute Gasteiger partial charge is 0.338 e. The van der Waals surface area contributed by atoms with E-state index in [0.717, 1.165) is 4.88 Å². The maximum absolute atomic E-state index is 12.6. The normalized spacial score (nSPS) is 11.3. The summed E-state index contributed by atoms with van der Waals surface area (Å²) in [5, 5.41) is 4.65. The molecule has 0 bridgehead atoms. The summed E-state index contributed by atoms with van der Waals surface area (Å²) in [7, 11) is -3.79. The number of hydrogen-bond acceptors (Lipinski definition) is 7. The lowest BCUT2D eigenvalue weighted by Crippen LogP contribution is -2.42. The number of amides is 2. The predicted molar refractivity (Wildman–Crippen MR) is 125 cm³/mol. The Morgan fingerprint density at radius 1 is 1.18 bits per heavy atom. The molecule has 1 aromatic carbocycles. The fraction of sp³-hybridized carbons (Fsp3) is 0.409. The van der Waals surface area contributed by atoms with Gasteiger partial charge in [0.2, 0.25) is 15.9 Å². The Labute approximate surface area is 198 Å². The van der Waals surface area contributed by atoms with E-state index in [1.165, 1.54) is 34.4 Å². The van der Waals surface area contributed by atoms with Gasteiger partial charge < -0.3 is 15.0 Å². The molecule has 0 fully saturated rings. The molecule has 0 aliphatic rings. The Bertz CT molecular complexity index is 1080. The monoisotopic (exact) mass is 495 g/mol. The SMILES string of the molecule is CCN(CC(=O)NCc1cccs1)C(=O)COC(=O)c1cc(S(=O)(=O)NC(C)C)ccc1C. The van der Waals surface area contributed by atoms with Crippen LogP contribution in [-0.4, -0.2) is 56.8 Å². The molecule has 9 nitrogen and oxygen atoms in total. The minimum absolute atomic E-state index is 0.0474. The van der Waals surface area contributed by atoms with Crippen LogP contribution >= 0.6 is 11.3 Å². The van der Waals surface area contributed by atoms with E-state index in [2.05, 4.69) is 10.0 Å². The Morgan fingerprint density at radius 2 is 1.91 bits per heavy atom. The average molecular weight is 496 g/mol. The topological polar surface area (TPSA) is 122 Å². The Kier molecular flexibility index (Phi) is 9.56. The van der Waals surface area contributed by atoms with Crippen molar-refractivity contribution in [2.75, 3.05) is 19.7 Å². The maximum Gasteiger partial charge on any atom is 0.338 e. The Hall–Kier alpha value is -2.76. The van der Waals surface area contributed by atoms with Gasteiger partial charge in [0.15, 0.2) is 6.61 Å². The van der Waals surface area contributed by atoms with Crippen LogP contribution in [0.5, 0.6) is 0 Å². The molecule has 33 heavy (non-hydrogen) atoms. The van der Waals surface area contributed by atoms with Crippen LogP contribution in [0.15, 0.2) is 40.6 Å². The molecule has 0 radical (unpaired) electrons. The van der Waals surface area contributed by atoms with E-state index >= 15 is 0 Å². The van der Waals surface area contributed by atoms with Crippen molar-refractivity contribution in [3.05, 3.63) is 51.7 Å². The molecule has 11 heteroatoms. The summed E-state index contributed by atoms with van der Waals surface area (Å²) in [5.74, 6) is -1.67. The second kappa shape index (κ2) is 11.9. The summed E-state index contributed by atoms with van der Waals surface area (Å²) < 4.78 is 32.4. The van der Waals surface area contributed by atoms with Crippen molar-refractivity contribution in [1.82, 2.24) is 14.9 Å². The van der Waals surface area contributed by atoms with Crippen LogP contribution in [0.4, 0.5) is 0 Å². The van der Waals surface area contributed by atoms with Gasteiger partial charge in [-0.1, -0.05) is 12.1 Å². The van der Waals surface area contributed by atoms with Gasteiger partial charge in [-0.25, -0.2) is 17.9 Å². The molecule has 2 rings (SSSR count). The van der Waals surface area contributed by atoms with Gasteiger partial charge in [-0.2, -0.15) is 0 Å². The lowest BCUT2D eigenvalue weighted by atomic mass is 10.1. The minimum Gasteiger partial charge on any atom is -0.452 e. The number of carbonyl (C=O) groups excluding carboxylic acids is 3. The van der Waals surface area contributed by atoms with E-state index in [4.69, 9.17) is 4.74 Å². The second-order valence-electron chi connectivity index (χ2n) is 7.59. The zero-order valence-electron chi connectivity index (χ0n) is 19.1. The number of hydrogen-bond donors (Lipinski definition) is 2. The molecule has 0 saturated carbocycles. The van der Waals surface area contributed by atoms with Gasteiger partial charge in [-0.05, 0) is 56.8 Å². The van der Waals surface area contributed by atoms with E-state index in [1.54, 1.807) is 27.7 Å². The maximum atomic E-state index is 12.6. The number of sulfonamides is 1. The van der Waals surface area contributed by atoms with Gasteiger partial charge in [0, 0.05) is 17.5 Å². The molecule has 0 aliphatic heterocycles. The van der Waals surface area contributed by atoms with E-state index in [0.29, 0.717) is 12.1 Å². The van der Waals surface area contributed by atoms with Gasteiger partial charge in [-0.15, -0.1) is 11.3 Å².